The summed E-state index contributed by atoms with van der Waals surface area (Å²) in [5.74, 6) is 0. The Labute approximate surface area is 75.3 Å². The molecule has 0 aromatic heterocycles. The molecule has 0 radical (unpaired) electrons. The number of rotatable bonds is 8. The maximum Gasteiger partial charge on any atom is 0.0558 e. The number of likely N-dealkylation sites (N-methyl/N-ethyl adjacent to an activating group) is 1. The highest BCUT2D eigenvalue weighted by Gasteiger charge is 1.95. The van der Waals surface area contributed by atoms with E-state index in [1.54, 1.807) is 0 Å². The summed E-state index contributed by atoms with van der Waals surface area (Å²) >= 11 is 0. The number of unbranched alkanes of at least 4 members (excludes halogenated alkanes) is 1. The van der Waals surface area contributed by atoms with Gasteiger partial charge in [-0.25, -0.2) is 0 Å². The van der Waals surface area contributed by atoms with Crippen LogP contribution in [-0.4, -0.2) is 50.0 Å². The maximum absolute atomic E-state index is 8.61. The Bertz CT molecular complexity index is 88.6. The smallest absolute Gasteiger partial charge is 0.0558 e. The van der Waals surface area contributed by atoms with Crippen molar-refractivity contribution < 1.29 is 9.84 Å². The Balaban J connectivity index is 2.97. The second-order valence-electron chi connectivity index (χ2n) is 2.93. The summed E-state index contributed by atoms with van der Waals surface area (Å²) in [7, 11) is 2.02. The highest BCUT2D eigenvalue weighted by molar-refractivity contribution is 4.49. The molecule has 0 saturated heterocycles. The molecule has 0 unspecified atom stereocenters. The summed E-state index contributed by atoms with van der Waals surface area (Å²) in [6.45, 7) is 5.76. The quantitative estimate of drug-likeness (QED) is 0.552. The van der Waals surface area contributed by atoms with E-state index in [-0.39, 0.29) is 6.61 Å². The normalized spacial score (nSPS) is 11.0. The summed E-state index contributed by atoms with van der Waals surface area (Å²) < 4.78 is 5.21. The minimum atomic E-state index is 0.252. The van der Waals surface area contributed by atoms with Crippen LogP contribution >= 0.6 is 0 Å². The van der Waals surface area contributed by atoms with Crippen molar-refractivity contribution in [1.29, 1.82) is 0 Å². The van der Waals surface area contributed by atoms with Crippen molar-refractivity contribution in [1.82, 2.24) is 4.90 Å². The third-order valence-corrected chi connectivity index (χ3v) is 1.76. The highest BCUT2D eigenvalue weighted by Crippen LogP contribution is 1.92. The van der Waals surface area contributed by atoms with Gasteiger partial charge in [-0.05, 0) is 33.4 Å². The van der Waals surface area contributed by atoms with Crippen molar-refractivity contribution in [3.8, 4) is 0 Å². The average Bonchev–Trinajstić information content (AvgIpc) is 2.05. The van der Waals surface area contributed by atoms with Crippen LogP contribution in [0.15, 0.2) is 0 Å². The summed E-state index contributed by atoms with van der Waals surface area (Å²) in [6, 6.07) is 0. The van der Waals surface area contributed by atoms with Crippen LogP contribution in [0.5, 0.6) is 0 Å². The second kappa shape index (κ2) is 8.97. The standard InChI is InChI=1S/C9H21NO2/c1-3-12-9-5-4-6-10(2)7-8-11/h11H,3-9H2,1-2H3. The maximum atomic E-state index is 8.61. The van der Waals surface area contributed by atoms with Crippen molar-refractivity contribution in [2.75, 3.05) is 40.0 Å². The molecule has 12 heavy (non-hydrogen) atoms. The molecule has 0 amide bonds. The lowest BCUT2D eigenvalue weighted by atomic mass is 10.3. The van der Waals surface area contributed by atoms with Gasteiger partial charge in [-0.15, -0.1) is 0 Å². The first-order chi connectivity index (χ1) is 5.81. The van der Waals surface area contributed by atoms with Gasteiger partial charge in [0.15, 0.2) is 0 Å². The lowest BCUT2D eigenvalue weighted by Gasteiger charge is -2.14. The fourth-order valence-corrected chi connectivity index (χ4v) is 1.01. The summed E-state index contributed by atoms with van der Waals surface area (Å²) in [5, 5.41) is 8.61. The zero-order chi connectivity index (χ0) is 9.23. The average molecular weight is 175 g/mol. The van der Waals surface area contributed by atoms with E-state index in [9.17, 15) is 0 Å². The zero-order valence-electron chi connectivity index (χ0n) is 8.25. The highest BCUT2D eigenvalue weighted by atomic mass is 16.5. The summed E-state index contributed by atoms with van der Waals surface area (Å²) in [5.41, 5.74) is 0. The Morgan fingerprint density at radius 2 is 2.00 bits per heavy atom. The number of aliphatic hydroxyl groups excluding tert-OH is 1. The molecule has 74 valence electrons. The molecule has 3 heteroatoms. The number of nitrogens with zero attached hydrogens (tertiary/aromatic N) is 1. The van der Waals surface area contributed by atoms with Gasteiger partial charge >= 0.3 is 0 Å². The van der Waals surface area contributed by atoms with E-state index in [1.165, 1.54) is 0 Å². The topological polar surface area (TPSA) is 32.7 Å². The van der Waals surface area contributed by atoms with Crippen LogP contribution in [0.4, 0.5) is 0 Å². The van der Waals surface area contributed by atoms with Crippen LogP contribution in [0.2, 0.25) is 0 Å². The Morgan fingerprint density at radius 3 is 2.58 bits per heavy atom. The first-order valence-electron chi connectivity index (χ1n) is 4.68. The van der Waals surface area contributed by atoms with Crippen molar-refractivity contribution in [2.24, 2.45) is 0 Å². The fraction of sp³-hybridized carbons (Fsp3) is 1.00. The molecule has 0 heterocycles. The molecule has 3 nitrogen and oxygen atoms in total. The van der Waals surface area contributed by atoms with Gasteiger partial charge in [0.05, 0.1) is 6.61 Å². The predicted octanol–water partition coefficient (Wildman–Crippen LogP) is 0.727. The second-order valence-corrected chi connectivity index (χ2v) is 2.93. The molecular formula is C9H21NO2. The molecule has 0 aromatic rings. The van der Waals surface area contributed by atoms with Gasteiger partial charge in [-0.2, -0.15) is 0 Å². The van der Waals surface area contributed by atoms with E-state index in [2.05, 4.69) is 4.90 Å². The first-order valence-corrected chi connectivity index (χ1v) is 4.68. The SMILES string of the molecule is CCOCCCCN(C)CCO. The molecule has 0 aliphatic carbocycles. The molecule has 1 N–H and O–H groups in total. The number of hydrogen-bond acceptors (Lipinski definition) is 3. The minimum Gasteiger partial charge on any atom is -0.395 e. The van der Waals surface area contributed by atoms with E-state index in [1.807, 2.05) is 14.0 Å². The lowest BCUT2D eigenvalue weighted by molar-refractivity contribution is 0.139. The van der Waals surface area contributed by atoms with Gasteiger partial charge < -0.3 is 14.7 Å². The molecule has 0 rings (SSSR count). The minimum absolute atomic E-state index is 0.252. The zero-order valence-corrected chi connectivity index (χ0v) is 8.25. The van der Waals surface area contributed by atoms with Gasteiger partial charge in [0.2, 0.25) is 0 Å². The Hall–Kier alpha value is -0.120. The van der Waals surface area contributed by atoms with Crippen LogP contribution < -0.4 is 0 Å². The Morgan fingerprint density at radius 1 is 1.25 bits per heavy atom. The lowest BCUT2D eigenvalue weighted by Crippen LogP contribution is -2.23. The van der Waals surface area contributed by atoms with Crippen molar-refractivity contribution in [3.05, 3.63) is 0 Å². The van der Waals surface area contributed by atoms with E-state index in [4.69, 9.17) is 9.84 Å². The number of hydrogen-bond donors (Lipinski definition) is 1. The summed E-state index contributed by atoms with van der Waals surface area (Å²) in [4.78, 5) is 2.13. The van der Waals surface area contributed by atoms with Crippen LogP contribution in [0.25, 0.3) is 0 Å². The molecule has 0 aliphatic heterocycles. The van der Waals surface area contributed by atoms with E-state index in [0.717, 1.165) is 39.1 Å². The van der Waals surface area contributed by atoms with Crippen LogP contribution in [0.1, 0.15) is 19.8 Å². The summed E-state index contributed by atoms with van der Waals surface area (Å²) in [6.07, 6.45) is 2.26. The van der Waals surface area contributed by atoms with Crippen molar-refractivity contribution >= 4 is 0 Å². The van der Waals surface area contributed by atoms with Crippen molar-refractivity contribution in [2.45, 2.75) is 19.8 Å². The first kappa shape index (κ1) is 11.9. The molecule has 0 atom stereocenters. The molecule has 0 spiro atoms. The van der Waals surface area contributed by atoms with E-state index in [0.29, 0.717) is 0 Å². The van der Waals surface area contributed by atoms with Crippen LogP contribution in [0.3, 0.4) is 0 Å². The van der Waals surface area contributed by atoms with Gasteiger partial charge in [-0.3, -0.25) is 0 Å². The van der Waals surface area contributed by atoms with Gasteiger partial charge in [0.1, 0.15) is 0 Å². The third-order valence-electron chi connectivity index (χ3n) is 1.76. The molecule has 0 saturated carbocycles. The molecule has 0 fully saturated rings. The third kappa shape index (κ3) is 7.98. The molecule has 0 aliphatic rings. The van der Waals surface area contributed by atoms with E-state index < -0.39 is 0 Å². The fourth-order valence-electron chi connectivity index (χ4n) is 1.01. The van der Waals surface area contributed by atoms with Crippen molar-refractivity contribution in [3.63, 3.8) is 0 Å². The largest absolute Gasteiger partial charge is 0.395 e. The van der Waals surface area contributed by atoms with Gasteiger partial charge in [-0.1, -0.05) is 0 Å². The van der Waals surface area contributed by atoms with Crippen LogP contribution in [-0.2, 0) is 4.74 Å². The van der Waals surface area contributed by atoms with Gasteiger partial charge in [0, 0.05) is 19.8 Å². The number of aliphatic hydroxyl groups is 1. The molecule has 0 bridgehead atoms. The van der Waals surface area contributed by atoms with Gasteiger partial charge in [0.25, 0.3) is 0 Å². The Kier molecular flexibility index (Phi) is 8.88. The molecular weight excluding hydrogens is 154 g/mol. The predicted molar refractivity (Wildman–Crippen MR) is 50.3 cm³/mol. The molecule has 0 aromatic carbocycles. The van der Waals surface area contributed by atoms with E-state index >= 15 is 0 Å². The monoisotopic (exact) mass is 175 g/mol. The number of ether oxygens (including phenoxy) is 1. The van der Waals surface area contributed by atoms with Crippen LogP contribution in [0, 0.1) is 0 Å².